The smallest absolute Gasteiger partial charge is 0.160 e. The van der Waals surface area contributed by atoms with Gasteiger partial charge in [-0.15, -0.1) is 0 Å². The molecule has 0 unspecified atom stereocenters. The fraction of sp³-hybridized carbons (Fsp3) is 0.545. The molecule has 5 nitrogen and oxygen atoms in total. The summed E-state index contributed by atoms with van der Waals surface area (Å²) in [5.74, 6) is -0.921. The van der Waals surface area contributed by atoms with Gasteiger partial charge in [-0.05, 0) is 62.8 Å². The molecule has 1 fully saturated rings. The van der Waals surface area contributed by atoms with E-state index in [1.165, 1.54) is 0 Å². The van der Waals surface area contributed by atoms with Crippen LogP contribution in [0.15, 0.2) is 11.2 Å². The number of carbonyl (C=O) groups excluding carboxylic acids is 3. The van der Waals surface area contributed by atoms with Crippen molar-refractivity contribution in [2.24, 2.45) is 11.1 Å². The standard InChI is InChI=1S/C22H27NO4/c1-6-16(23-27-7-2)20-17(25)10-22(11-18(20)26)9-15-8-12(3)19(14(5)24)13(4)21(15)22/h8,20H,6-7,9-11H2,1-5H3/b23-16-. The summed E-state index contributed by atoms with van der Waals surface area (Å²) in [5.41, 5.74) is 4.89. The number of Topliss-reactive ketones (excluding diaryl/α,β-unsaturated/α-hetero) is 3. The molecule has 3 rings (SSSR count). The lowest BCUT2D eigenvalue weighted by Gasteiger charge is -2.48. The van der Waals surface area contributed by atoms with Gasteiger partial charge < -0.3 is 4.84 Å². The second kappa shape index (κ2) is 7.02. The van der Waals surface area contributed by atoms with Crippen LogP contribution in [0.25, 0.3) is 0 Å². The maximum Gasteiger partial charge on any atom is 0.160 e. The van der Waals surface area contributed by atoms with Crippen molar-refractivity contribution in [1.82, 2.24) is 0 Å². The molecule has 27 heavy (non-hydrogen) atoms. The van der Waals surface area contributed by atoms with Gasteiger partial charge in [0.2, 0.25) is 0 Å². The van der Waals surface area contributed by atoms with Crippen LogP contribution in [0.1, 0.15) is 72.6 Å². The van der Waals surface area contributed by atoms with Crippen LogP contribution in [-0.2, 0) is 26.3 Å². The predicted octanol–water partition coefficient (Wildman–Crippen LogP) is 3.65. The van der Waals surface area contributed by atoms with E-state index in [-0.39, 0.29) is 17.3 Å². The Kier molecular flexibility index (Phi) is 5.06. The highest BCUT2D eigenvalue weighted by Gasteiger charge is 2.53. The highest BCUT2D eigenvalue weighted by molar-refractivity contribution is 6.23. The minimum Gasteiger partial charge on any atom is -0.396 e. The molecule has 1 aromatic rings. The van der Waals surface area contributed by atoms with E-state index in [2.05, 4.69) is 5.16 Å². The highest BCUT2D eigenvalue weighted by atomic mass is 16.6. The number of oxime groups is 1. The molecule has 5 heteroatoms. The zero-order chi connectivity index (χ0) is 19.9. The van der Waals surface area contributed by atoms with E-state index < -0.39 is 11.3 Å². The van der Waals surface area contributed by atoms with E-state index in [1.807, 2.05) is 33.8 Å². The lowest BCUT2D eigenvalue weighted by atomic mass is 9.53. The Bertz CT molecular complexity index is 848. The third-order valence-electron chi connectivity index (χ3n) is 5.94. The molecule has 0 heterocycles. The van der Waals surface area contributed by atoms with Crippen LogP contribution in [0.3, 0.4) is 0 Å². The van der Waals surface area contributed by atoms with Crippen LogP contribution in [0.2, 0.25) is 0 Å². The van der Waals surface area contributed by atoms with E-state index in [0.29, 0.717) is 31.6 Å². The topological polar surface area (TPSA) is 72.8 Å². The van der Waals surface area contributed by atoms with E-state index in [9.17, 15) is 14.4 Å². The van der Waals surface area contributed by atoms with Gasteiger partial charge in [0.15, 0.2) is 5.78 Å². The van der Waals surface area contributed by atoms with Crippen molar-refractivity contribution in [2.45, 2.75) is 65.7 Å². The Morgan fingerprint density at radius 2 is 1.81 bits per heavy atom. The molecule has 0 bridgehead atoms. The number of hydrogen-bond acceptors (Lipinski definition) is 5. The molecule has 1 aromatic carbocycles. The Morgan fingerprint density at radius 3 is 2.33 bits per heavy atom. The van der Waals surface area contributed by atoms with Crippen LogP contribution in [0.5, 0.6) is 0 Å². The van der Waals surface area contributed by atoms with E-state index >= 15 is 0 Å². The van der Waals surface area contributed by atoms with Gasteiger partial charge in [-0.2, -0.15) is 0 Å². The van der Waals surface area contributed by atoms with Gasteiger partial charge in [0, 0.05) is 23.8 Å². The number of nitrogens with zero attached hydrogens (tertiary/aromatic N) is 1. The normalized spacial score (nSPS) is 24.6. The molecule has 0 amide bonds. The fourth-order valence-electron chi connectivity index (χ4n) is 5.09. The average molecular weight is 369 g/mol. The van der Waals surface area contributed by atoms with E-state index in [1.54, 1.807) is 6.92 Å². The van der Waals surface area contributed by atoms with Gasteiger partial charge in [-0.3, -0.25) is 14.4 Å². The molecule has 0 saturated heterocycles. The van der Waals surface area contributed by atoms with Crippen LogP contribution >= 0.6 is 0 Å². The van der Waals surface area contributed by atoms with Gasteiger partial charge in [-0.25, -0.2) is 0 Å². The Morgan fingerprint density at radius 1 is 1.19 bits per heavy atom. The predicted molar refractivity (Wildman–Crippen MR) is 103 cm³/mol. The average Bonchev–Trinajstić information content (AvgIpc) is 2.55. The molecular formula is C22H27NO4. The SMILES string of the molecule is CCO/N=C(/CC)C1C(=O)CC2(CC1=O)Cc1cc(C)c(C(C)=O)c(C)c12. The third-order valence-corrected chi connectivity index (χ3v) is 5.94. The first kappa shape index (κ1) is 19.5. The summed E-state index contributed by atoms with van der Waals surface area (Å²) in [7, 11) is 0. The lowest BCUT2D eigenvalue weighted by molar-refractivity contribution is -0.135. The number of ketones is 3. The number of rotatable bonds is 5. The fourth-order valence-corrected chi connectivity index (χ4v) is 5.09. The first-order valence-electron chi connectivity index (χ1n) is 9.64. The van der Waals surface area contributed by atoms with Crippen molar-refractivity contribution in [2.75, 3.05) is 6.61 Å². The Hall–Kier alpha value is -2.30. The monoisotopic (exact) mass is 369 g/mol. The number of carbonyl (C=O) groups is 3. The lowest BCUT2D eigenvalue weighted by Crippen LogP contribution is -2.52. The van der Waals surface area contributed by atoms with Crippen molar-refractivity contribution >= 4 is 23.1 Å². The summed E-state index contributed by atoms with van der Waals surface area (Å²) in [4.78, 5) is 43.1. The zero-order valence-corrected chi connectivity index (χ0v) is 16.8. The van der Waals surface area contributed by atoms with E-state index in [0.717, 1.165) is 34.2 Å². The summed E-state index contributed by atoms with van der Waals surface area (Å²) in [6.07, 6.45) is 1.88. The second-order valence-corrected chi connectivity index (χ2v) is 7.81. The molecule has 1 saturated carbocycles. The molecule has 2 aliphatic rings. The molecule has 2 aliphatic carbocycles. The van der Waals surface area contributed by atoms with Crippen LogP contribution in [0, 0.1) is 19.8 Å². The molecule has 0 aliphatic heterocycles. The number of aryl methyl sites for hydroxylation is 1. The quantitative estimate of drug-likeness (QED) is 0.344. The molecule has 0 N–H and O–H groups in total. The first-order valence-corrected chi connectivity index (χ1v) is 9.64. The third kappa shape index (κ3) is 3.03. The molecule has 0 atom stereocenters. The molecule has 1 spiro atoms. The summed E-state index contributed by atoms with van der Waals surface area (Å²) in [6.45, 7) is 9.56. The molecule has 0 radical (unpaired) electrons. The van der Waals surface area contributed by atoms with Crippen LogP contribution in [-0.4, -0.2) is 29.7 Å². The van der Waals surface area contributed by atoms with Gasteiger partial charge in [0.05, 0.1) is 5.71 Å². The van der Waals surface area contributed by atoms with E-state index in [4.69, 9.17) is 4.84 Å². The number of hydrogen-bond donors (Lipinski definition) is 0. The molecular weight excluding hydrogens is 342 g/mol. The molecule has 144 valence electrons. The van der Waals surface area contributed by atoms with Gasteiger partial charge in [0.1, 0.15) is 24.1 Å². The minimum atomic E-state index is -0.783. The highest BCUT2D eigenvalue weighted by Crippen LogP contribution is 2.52. The van der Waals surface area contributed by atoms with Gasteiger partial charge >= 0.3 is 0 Å². The summed E-state index contributed by atoms with van der Waals surface area (Å²) >= 11 is 0. The second-order valence-electron chi connectivity index (χ2n) is 7.81. The first-order chi connectivity index (χ1) is 12.8. The van der Waals surface area contributed by atoms with Crippen molar-refractivity contribution in [1.29, 1.82) is 0 Å². The maximum absolute atomic E-state index is 13.0. The van der Waals surface area contributed by atoms with Gasteiger partial charge in [-0.1, -0.05) is 18.1 Å². The summed E-state index contributed by atoms with van der Waals surface area (Å²) in [5, 5.41) is 4.02. The zero-order valence-electron chi connectivity index (χ0n) is 16.8. The van der Waals surface area contributed by atoms with Crippen molar-refractivity contribution < 1.29 is 19.2 Å². The van der Waals surface area contributed by atoms with Crippen molar-refractivity contribution in [3.05, 3.63) is 33.9 Å². The Balaban J connectivity index is 1.97. The summed E-state index contributed by atoms with van der Waals surface area (Å²) < 4.78 is 0. The minimum absolute atomic E-state index is 0.0262. The number of fused-ring (bicyclic) bond motifs is 2. The van der Waals surface area contributed by atoms with Gasteiger partial charge in [0.25, 0.3) is 0 Å². The number of benzene rings is 1. The van der Waals surface area contributed by atoms with Crippen LogP contribution in [0.4, 0.5) is 0 Å². The van der Waals surface area contributed by atoms with Crippen molar-refractivity contribution in [3.63, 3.8) is 0 Å². The summed E-state index contributed by atoms with van der Waals surface area (Å²) in [6, 6.07) is 2.04. The van der Waals surface area contributed by atoms with Crippen LogP contribution < -0.4 is 0 Å². The molecule has 0 aromatic heterocycles. The Labute approximate surface area is 160 Å². The maximum atomic E-state index is 13.0. The largest absolute Gasteiger partial charge is 0.396 e. The van der Waals surface area contributed by atoms with Crippen molar-refractivity contribution in [3.8, 4) is 0 Å².